The summed E-state index contributed by atoms with van der Waals surface area (Å²) in [4.78, 5) is 29.1. The van der Waals surface area contributed by atoms with Crippen molar-refractivity contribution < 1.29 is 9.59 Å². The molecule has 1 atom stereocenters. The molecule has 4 nitrogen and oxygen atoms in total. The number of hydrogen-bond donors (Lipinski definition) is 1. The van der Waals surface area contributed by atoms with Gasteiger partial charge in [0, 0.05) is 22.8 Å². The van der Waals surface area contributed by atoms with Gasteiger partial charge in [0.25, 0.3) is 5.91 Å². The minimum Gasteiger partial charge on any atom is -0.341 e. The molecule has 3 aromatic rings. The summed E-state index contributed by atoms with van der Waals surface area (Å²) in [6.45, 7) is 7.35. The molecule has 0 unspecified atom stereocenters. The molecule has 32 heavy (non-hydrogen) atoms. The summed E-state index contributed by atoms with van der Waals surface area (Å²) in [5, 5.41) is 4.88. The first-order valence-corrected chi connectivity index (χ1v) is 12.4. The average molecular weight is 469 g/mol. The SMILES string of the molecule is Cc1c(C(=O)N[C@@H](C(=O)N2CCC(c3ccc(Cl)cc3)CC2)C(C)C)sc2ccccc12. The Morgan fingerprint density at radius 2 is 1.72 bits per heavy atom. The number of fused-ring (bicyclic) bond motifs is 1. The Morgan fingerprint density at radius 1 is 1.06 bits per heavy atom. The topological polar surface area (TPSA) is 49.4 Å². The number of rotatable bonds is 5. The van der Waals surface area contributed by atoms with Crippen LogP contribution in [0.15, 0.2) is 48.5 Å². The molecule has 1 aliphatic rings. The molecule has 1 aliphatic heterocycles. The van der Waals surface area contributed by atoms with E-state index in [0.717, 1.165) is 33.5 Å². The van der Waals surface area contributed by atoms with Gasteiger partial charge in [0.05, 0.1) is 4.88 Å². The molecular weight excluding hydrogens is 440 g/mol. The minimum atomic E-state index is -0.529. The van der Waals surface area contributed by atoms with E-state index in [1.54, 1.807) is 0 Å². The lowest BCUT2D eigenvalue weighted by atomic mass is 9.89. The average Bonchev–Trinajstić information content (AvgIpc) is 3.14. The van der Waals surface area contributed by atoms with Crippen molar-refractivity contribution >= 4 is 44.8 Å². The molecule has 168 valence electrons. The van der Waals surface area contributed by atoms with Crippen molar-refractivity contribution in [3.8, 4) is 0 Å². The van der Waals surface area contributed by atoms with Crippen LogP contribution in [0.4, 0.5) is 0 Å². The van der Waals surface area contributed by atoms with Gasteiger partial charge in [-0.15, -0.1) is 11.3 Å². The second-order valence-corrected chi connectivity index (χ2v) is 10.4. The number of thiophene rings is 1. The fourth-order valence-electron chi connectivity index (χ4n) is 4.48. The monoisotopic (exact) mass is 468 g/mol. The van der Waals surface area contributed by atoms with E-state index in [4.69, 9.17) is 11.6 Å². The number of carbonyl (C=O) groups is 2. The third-order valence-corrected chi connectivity index (χ3v) is 7.94. The summed E-state index contributed by atoms with van der Waals surface area (Å²) in [5.41, 5.74) is 2.25. The van der Waals surface area contributed by atoms with Crippen molar-refractivity contribution in [2.24, 2.45) is 5.92 Å². The number of piperidine rings is 1. The first-order valence-electron chi connectivity index (χ1n) is 11.2. The lowest BCUT2D eigenvalue weighted by molar-refractivity contribution is -0.135. The summed E-state index contributed by atoms with van der Waals surface area (Å²) in [6.07, 6.45) is 1.84. The van der Waals surface area contributed by atoms with Crippen molar-refractivity contribution in [1.82, 2.24) is 10.2 Å². The van der Waals surface area contributed by atoms with Crippen molar-refractivity contribution in [3.63, 3.8) is 0 Å². The van der Waals surface area contributed by atoms with Crippen LogP contribution in [-0.2, 0) is 4.79 Å². The maximum Gasteiger partial charge on any atom is 0.262 e. The summed E-state index contributed by atoms with van der Waals surface area (Å²) in [7, 11) is 0. The van der Waals surface area contributed by atoms with E-state index < -0.39 is 6.04 Å². The van der Waals surface area contributed by atoms with Crippen LogP contribution in [-0.4, -0.2) is 35.8 Å². The number of hydrogen-bond acceptors (Lipinski definition) is 3. The van der Waals surface area contributed by atoms with Gasteiger partial charge in [-0.05, 0) is 66.3 Å². The summed E-state index contributed by atoms with van der Waals surface area (Å²) >= 11 is 7.50. The fraction of sp³-hybridized carbons (Fsp3) is 0.385. The molecule has 2 amide bonds. The van der Waals surface area contributed by atoms with Crippen LogP contribution in [0.3, 0.4) is 0 Å². The number of nitrogens with zero attached hydrogens (tertiary/aromatic N) is 1. The van der Waals surface area contributed by atoms with Crippen LogP contribution in [0.1, 0.15) is 53.4 Å². The number of carbonyl (C=O) groups excluding carboxylic acids is 2. The quantitative estimate of drug-likeness (QED) is 0.497. The number of aryl methyl sites for hydroxylation is 1. The summed E-state index contributed by atoms with van der Waals surface area (Å²) in [6, 6.07) is 15.5. The fourth-order valence-corrected chi connectivity index (χ4v) is 5.71. The lowest BCUT2D eigenvalue weighted by Gasteiger charge is -2.35. The molecule has 1 N–H and O–H groups in total. The van der Waals surface area contributed by atoms with E-state index in [0.29, 0.717) is 23.9 Å². The Morgan fingerprint density at radius 3 is 2.34 bits per heavy atom. The Balaban J connectivity index is 1.43. The van der Waals surface area contributed by atoms with E-state index >= 15 is 0 Å². The molecule has 0 bridgehead atoms. The Kier molecular flexibility index (Phi) is 6.87. The van der Waals surface area contributed by atoms with Gasteiger partial charge < -0.3 is 10.2 Å². The molecule has 0 saturated carbocycles. The highest BCUT2D eigenvalue weighted by molar-refractivity contribution is 7.21. The van der Waals surface area contributed by atoms with E-state index in [-0.39, 0.29) is 17.7 Å². The largest absolute Gasteiger partial charge is 0.341 e. The molecule has 6 heteroatoms. The molecule has 2 heterocycles. The van der Waals surface area contributed by atoms with E-state index in [1.807, 2.05) is 62.1 Å². The first kappa shape index (κ1) is 22.8. The van der Waals surface area contributed by atoms with Crippen LogP contribution in [0.5, 0.6) is 0 Å². The Labute approximate surface area is 198 Å². The maximum absolute atomic E-state index is 13.3. The summed E-state index contributed by atoms with van der Waals surface area (Å²) in [5.74, 6) is 0.299. The van der Waals surface area contributed by atoms with Crippen molar-refractivity contribution in [1.29, 1.82) is 0 Å². The van der Waals surface area contributed by atoms with Gasteiger partial charge in [0.1, 0.15) is 6.04 Å². The van der Waals surface area contributed by atoms with Crippen molar-refractivity contribution in [2.75, 3.05) is 13.1 Å². The predicted octanol–water partition coefficient (Wildman–Crippen LogP) is 6.02. The first-order chi connectivity index (χ1) is 15.3. The van der Waals surface area contributed by atoms with Gasteiger partial charge in [0.15, 0.2) is 0 Å². The van der Waals surface area contributed by atoms with Gasteiger partial charge in [0.2, 0.25) is 5.91 Å². The van der Waals surface area contributed by atoms with Crippen LogP contribution in [0, 0.1) is 12.8 Å². The maximum atomic E-state index is 13.3. The highest BCUT2D eigenvalue weighted by Gasteiger charge is 2.32. The number of amides is 2. The van der Waals surface area contributed by atoms with Gasteiger partial charge >= 0.3 is 0 Å². The van der Waals surface area contributed by atoms with Gasteiger partial charge in [-0.3, -0.25) is 9.59 Å². The third kappa shape index (κ3) is 4.69. The Hall–Kier alpha value is -2.37. The lowest BCUT2D eigenvalue weighted by Crippen LogP contribution is -2.52. The normalized spacial score (nSPS) is 15.8. The van der Waals surface area contributed by atoms with Crippen LogP contribution in [0.2, 0.25) is 5.02 Å². The van der Waals surface area contributed by atoms with E-state index in [9.17, 15) is 9.59 Å². The van der Waals surface area contributed by atoms with Crippen LogP contribution < -0.4 is 5.32 Å². The van der Waals surface area contributed by atoms with Gasteiger partial charge in [-0.25, -0.2) is 0 Å². The number of halogens is 1. The molecule has 4 rings (SSSR count). The number of nitrogens with one attached hydrogen (secondary N) is 1. The number of benzene rings is 2. The predicted molar refractivity (Wildman–Crippen MR) is 133 cm³/mol. The Bertz CT molecular complexity index is 1110. The highest BCUT2D eigenvalue weighted by Crippen LogP contribution is 2.31. The highest BCUT2D eigenvalue weighted by atomic mass is 35.5. The van der Waals surface area contributed by atoms with Gasteiger partial charge in [-0.1, -0.05) is 55.8 Å². The molecule has 2 aromatic carbocycles. The zero-order valence-electron chi connectivity index (χ0n) is 18.7. The van der Waals surface area contributed by atoms with E-state index in [2.05, 4.69) is 17.4 Å². The molecular formula is C26H29ClN2O2S. The van der Waals surface area contributed by atoms with E-state index in [1.165, 1.54) is 16.9 Å². The van der Waals surface area contributed by atoms with Crippen LogP contribution >= 0.6 is 22.9 Å². The van der Waals surface area contributed by atoms with Gasteiger partial charge in [-0.2, -0.15) is 0 Å². The van der Waals surface area contributed by atoms with Crippen molar-refractivity contribution in [2.45, 2.75) is 45.6 Å². The minimum absolute atomic E-state index is 0.00937. The molecule has 1 aromatic heterocycles. The second kappa shape index (κ2) is 9.63. The smallest absolute Gasteiger partial charge is 0.262 e. The third-order valence-electron chi connectivity index (χ3n) is 6.42. The van der Waals surface area contributed by atoms with Crippen LogP contribution in [0.25, 0.3) is 10.1 Å². The molecule has 0 radical (unpaired) electrons. The molecule has 0 aliphatic carbocycles. The molecule has 1 fully saturated rings. The zero-order chi connectivity index (χ0) is 22.8. The second-order valence-electron chi connectivity index (χ2n) is 8.90. The molecule has 1 saturated heterocycles. The number of likely N-dealkylation sites (tertiary alicyclic amines) is 1. The summed E-state index contributed by atoms with van der Waals surface area (Å²) < 4.78 is 1.09. The molecule has 0 spiro atoms. The van der Waals surface area contributed by atoms with Crippen molar-refractivity contribution in [3.05, 3.63) is 69.6 Å². The zero-order valence-corrected chi connectivity index (χ0v) is 20.3. The standard InChI is InChI=1S/C26H29ClN2O2S/c1-16(2)23(28-25(30)24-17(3)21-6-4-5-7-22(21)32-24)26(31)29-14-12-19(13-15-29)18-8-10-20(27)11-9-18/h4-11,16,19,23H,12-15H2,1-3H3,(H,28,30)/t23-/m1/s1.